The molecule has 0 saturated heterocycles. The average molecular weight is 372 g/mol. The van der Waals surface area contributed by atoms with Crippen LogP contribution in [0.5, 0.6) is 0 Å². The number of benzene rings is 1. The number of ether oxygens (including phenoxy) is 3. The van der Waals surface area contributed by atoms with Crippen LogP contribution in [0.4, 0.5) is 0 Å². The molecule has 0 aromatic heterocycles. The maximum Gasteiger partial charge on any atom is 0.333 e. The zero-order valence-electron chi connectivity index (χ0n) is 14.5. The van der Waals surface area contributed by atoms with Gasteiger partial charge in [-0.2, -0.15) is 8.42 Å². The van der Waals surface area contributed by atoms with E-state index in [0.29, 0.717) is 12.2 Å². The van der Waals surface area contributed by atoms with Crippen LogP contribution in [-0.2, 0) is 33.3 Å². The molecule has 0 bridgehead atoms. The van der Waals surface area contributed by atoms with Crippen molar-refractivity contribution >= 4 is 16.1 Å². The van der Waals surface area contributed by atoms with Crippen molar-refractivity contribution in [3.8, 4) is 0 Å². The third-order valence-electron chi connectivity index (χ3n) is 2.96. The Hall–Kier alpha value is -1.74. The molecule has 25 heavy (non-hydrogen) atoms. The summed E-state index contributed by atoms with van der Waals surface area (Å²) in [6.07, 6.45) is 0. The van der Waals surface area contributed by atoms with Crippen molar-refractivity contribution < 1.29 is 31.6 Å². The second kappa shape index (κ2) is 11.0. The van der Waals surface area contributed by atoms with Gasteiger partial charge in [-0.3, -0.25) is 4.18 Å². The van der Waals surface area contributed by atoms with E-state index in [4.69, 9.17) is 18.4 Å². The quantitative estimate of drug-likeness (QED) is 0.239. The molecule has 0 saturated carbocycles. The van der Waals surface area contributed by atoms with E-state index in [2.05, 4.69) is 6.58 Å². The van der Waals surface area contributed by atoms with Gasteiger partial charge in [-0.15, -0.1) is 0 Å². The molecule has 140 valence electrons. The van der Waals surface area contributed by atoms with Gasteiger partial charge in [0, 0.05) is 5.57 Å². The lowest BCUT2D eigenvalue weighted by atomic mass is 10.2. The minimum atomic E-state index is -3.76. The highest BCUT2D eigenvalue weighted by Crippen LogP contribution is 2.12. The fourth-order valence-corrected chi connectivity index (χ4v) is 2.51. The molecular weight excluding hydrogens is 348 g/mol. The molecule has 1 aromatic rings. The molecule has 0 amide bonds. The smallest absolute Gasteiger partial charge is 0.333 e. The first-order valence-corrected chi connectivity index (χ1v) is 9.18. The van der Waals surface area contributed by atoms with Gasteiger partial charge in [-0.05, 0) is 26.0 Å². The van der Waals surface area contributed by atoms with Gasteiger partial charge in [0.15, 0.2) is 0 Å². The SMILES string of the molecule is C=C(C)C(=O)OCCOCCOCCOS(=O)(=O)c1ccc(C)cc1. The molecule has 0 fully saturated rings. The molecule has 1 rings (SSSR count). The molecule has 0 heterocycles. The van der Waals surface area contributed by atoms with Crippen LogP contribution in [0.15, 0.2) is 41.3 Å². The lowest BCUT2D eigenvalue weighted by Crippen LogP contribution is -2.15. The van der Waals surface area contributed by atoms with Crippen LogP contribution >= 0.6 is 0 Å². The molecule has 0 unspecified atom stereocenters. The molecule has 0 N–H and O–H groups in total. The summed E-state index contributed by atoms with van der Waals surface area (Å²) in [7, 11) is -3.76. The second-order valence-corrected chi connectivity index (χ2v) is 6.85. The van der Waals surface area contributed by atoms with Crippen molar-refractivity contribution in [3.63, 3.8) is 0 Å². The van der Waals surface area contributed by atoms with E-state index in [0.717, 1.165) is 5.56 Å². The first kappa shape index (κ1) is 21.3. The van der Waals surface area contributed by atoms with Gasteiger partial charge in [-0.25, -0.2) is 4.79 Å². The molecule has 1 aromatic carbocycles. The highest BCUT2D eigenvalue weighted by atomic mass is 32.2. The predicted octanol–water partition coefficient (Wildman–Crippen LogP) is 1.85. The van der Waals surface area contributed by atoms with Gasteiger partial charge >= 0.3 is 5.97 Å². The van der Waals surface area contributed by atoms with Crippen LogP contribution < -0.4 is 0 Å². The lowest BCUT2D eigenvalue weighted by Gasteiger charge is -2.08. The molecule has 0 atom stereocenters. The number of carbonyl (C=O) groups is 1. The Morgan fingerprint density at radius 2 is 1.48 bits per heavy atom. The summed E-state index contributed by atoms with van der Waals surface area (Å²) in [6, 6.07) is 6.41. The van der Waals surface area contributed by atoms with Crippen LogP contribution in [0.1, 0.15) is 12.5 Å². The maximum absolute atomic E-state index is 11.9. The zero-order chi connectivity index (χ0) is 18.7. The summed E-state index contributed by atoms with van der Waals surface area (Å²) in [5, 5.41) is 0. The van der Waals surface area contributed by atoms with Crippen molar-refractivity contribution in [2.24, 2.45) is 0 Å². The van der Waals surface area contributed by atoms with E-state index in [1.165, 1.54) is 12.1 Å². The third kappa shape index (κ3) is 8.78. The Morgan fingerprint density at radius 3 is 2.04 bits per heavy atom. The highest BCUT2D eigenvalue weighted by Gasteiger charge is 2.14. The number of aryl methyl sites for hydroxylation is 1. The van der Waals surface area contributed by atoms with Crippen LogP contribution in [-0.4, -0.2) is 54.0 Å². The molecule has 0 spiro atoms. The van der Waals surface area contributed by atoms with Gasteiger partial charge in [0.25, 0.3) is 10.1 Å². The summed E-state index contributed by atoms with van der Waals surface area (Å²) in [5.41, 5.74) is 1.31. The highest BCUT2D eigenvalue weighted by molar-refractivity contribution is 7.86. The van der Waals surface area contributed by atoms with E-state index in [9.17, 15) is 13.2 Å². The Kier molecular flexibility index (Phi) is 9.36. The average Bonchev–Trinajstić information content (AvgIpc) is 2.56. The summed E-state index contributed by atoms with van der Waals surface area (Å²) in [4.78, 5) is 11.2. The van der Waals surface area contributed by atoms with E-state index >= 15 is 0 Å². The minimum Gasteiger partial charge on any atom is -0.460 e. The van der Waals surface area contributed by atoms with E-state index in [1.807, 2.05) is 6.92 Å². The van der Waals surface area contributed by atoms with Crippen LogP contribution in [0.25, 0.3) is 0 Å². The largest absolute Gasteiger partial charge is 0.460 e. The lowest BCUT2D eigenvalue weighted by molar-refractivity contribution is -0.140. The number of esters is 1. The van der Waals surface area contributed by atoms with Gasteiger partial charge in [0.05, 0.1) is 37.9 Å². The van der Waals surface area contributed by atoms with Gasteiger partial charge < -0.3 is 14.2 Å². The molecule has 8 heteroatoms. The van der Waals surface area contributed by atoms with Gasteiger partial charge in [0.1, 0.15) is 6.61 Å². The van der Waals surface area contributed by atoms with Crippen molar-refractivity contribution in [1.82, 2.24) is 0 Å². The maximum atomic E-state index is 11.9. The minimum absolute atomic E-state index is 0.0770. The van der Waals surface area contributed by atoms with E-state index in [1.54, 1.807) is 19.1 Å². The standard InChI is InChI=1S/C17H24O7S/c1-14(2)17(18)23-12-10-21-8-9-22-11-13-24-25(19,20)16-6-4-15(3)5-7-16/h4-7H,1,8-13H2,2-3H3. The molecule has 0 aliphatic heterocycles. The summed E-state index contributed by atoms with van der Waals surface area (Å²) < 4.78 is 44.0. The first-order valence-electron chi connectivity index (χ1n) is 7.77. The molecule has 7 nitrogen and oxygen atoms in total. The fraction of sp³-hybridized carbons (Fsp3) is 0.471. The van der Waals surface area contributed by atoms with Crippen molar-refractivity contribution in [2.45, 2.75) is 18.7 Å². The van der Waals surface area contributed by atoms with Crippen molar-refractivity contribution in [2.75, 3.05) is 39.6 Å². The van der Waals surface area contributed by atoms with Crippen molar-refractivity contribution in [3.05, 3.63) is 42.0 Å². The van der Waals surface area contributed by atoms with Crippen molar-refractivity contribution in [1.29, 1.82) is 0 Å². The third-order valence-corrected chi connectivity index (χ3v) is 4.28. The summed E-state index contributed by atoms with van der Waals surface area (Å²) >= 11 is 0. The monoisotopic (exact) mass is 372 g/mol. The van der Waals surface area contributed by atoms with E-state index < -0.39 is 16.1 Å². The Bertz CT molecular complexity index is 650. The molecule has 0 radical (unpaired) electrons. The normalized spacial score (nSPS) is 11.3. The Labute approximate surface area is 148 Å². The van der Waals surface area contributed by atoms with Gasteiger partial charge in [-0.1, -0.05) is 24.3 Å². The topological polar surface area (TPSA) is 88.1 Å². The van der Waals surface area contributed by atoms with Crippen LogP contribution in [0.3, 0.4) is 0 Å². The van der Waals surface area contributed by atoms with Crippen LogP contribution in [0.2, 0.25) is 0 Å². The molecule has 0 aliphatic carbocycles. The molecule has 0 aliphatic rings. The fourth-order valence-electron chi connectivity index (χ4n) is 1.61. The Balaban J connectivity index is 2.06. The number of hydrogen-bond acceptors (Lipinski definition) is 7. The van der Waals surface area contributed by atoms with Gasteiger partial charge in [0.2, 0.25) is 0 Å². The first-order chi connectivity index (χ1) is 11.8. The number of hydrogen-bond donors (Lipinski definition) is 0. The van der Waals surface area contributed by atoms with Crippen LogP contribution in [0, 0.1) is 6.92 Å². The number of rotatable bonds is 12. The van der Waals surface area contributed by atoms with E-state index in [-0.39, 0.29) is 37.9 Å². The zero-order valence-corrected chi connectivity index (χ0v) is 15.3. The second-order valence-electron chi connectivity index (χ2n) is 5.23. The molecular formula is C17H24O7S. The summed E-state index contributed by atoms with van der Waals surface area (Å²) in [5.74, 6) is -0.452. The Morgan fingerprint density at radius 1 is 0.960 bits per heavy atom. The number of carbonyl (C=O) groups excluding carboxylic acids is 1. The predicted molar refractivity (Wildman–Crippen MR) is 91.7 cm³/mol. The summed E-state index contributed by atoms with van der Waals surface area (Å²) in [6.45, 7) is 7.92.